The summed E-state index contributed by atoms with van der Waals surface area (Å²) in [5.74, 6) is 0.321. The van der Waals surface area contributed by atoms with Crippen LogP contribution in [-0.4, -0.2) is 32.8 Å². The topological polar surface area (TPSA) is 54.9 Å². The SMILES string of the molecule is CCNC(=NCc1cc(F)ccc1F)NCc1ccc(C)cc1OCCOC. The maximum Gasteiger partial charge on any atom is 0.191 e. The summed E-state index contributed by atoms with van der Waals surface area (Å²) in [6, 6.07) is 9.32. The van der Waals surface area contributed by atoms with Crippen molar-refractivity contribution in [1.82, 2.24) is 10.6 Å². The van der Waals surface area contributed by atoms with Crippen LogP contribution in [0.25, 0.3) is 0 Å². The minimum absolute atomic E-state index is 0.0318. The second-order valence-electron chi connectivity index (χ2n) is 6.24. The third kappa shape index (κ3) is 6.81. The van der Waals surface area contributed by atoms with Gasteiger partial charge in [0.2, 0.25) is 0 Å². The first-order chi connectivity index (χ1) is 13.5. The van der Waals surface area contributed by atoms with Gasteiger partial charge in [0.25, 0.3) is 0 Å². The minimum atomic E-state index is -0.484. The van der Waals surface area contributed by atoms with Crippen LogP contribution in [-0.2, 0) is 17.8 Å². The predicted molar refractivity (Wildman–Crippen MR) is 107 cm³/mol. The van der Waals surface area contributed by atoms with Gasteiger partial charge >= 0.3 is 0 Å². The summed E-state index contributed by atoms with van der Waals surface area (Å²) in [4.78, 5) is 4.35. The van der Waals surface area contributed by atoms with Gasteiger partial charge in [0.15, 0.2) is 5.96 Å². The first-order valence-electron chi connectivity index (χ1n) is 9.20. The average molecular weight is 391 g/mol. The molecule has 152 valence electrons. The van der Waals surface area contributed by atoms with Crippen LogP contribution >= 0.6 is 0 Å². The number of nitrogens with zero attached hydrogens (tertiary/aromatic N) is 1. The molecule has 28 heavy (non-hydrogen) atoms. The lowest BCUT2D eigenvalue weighted by Crippen LogP contribution is -2.36. The van der Waals surface area contributed by atoms with Gasteiger partial charge in [-0.25, -0.2) is 13.8 Å². The molecule has 2 N–H and O–H groups in total. The van der Waals surface area contributed by atoms with Crippen molar-refractivity contribution in [1.29, 1.82) is 0 Å². The maximum absolute atomic E-state index is 13.8. The zero-order valence-electron chi connectivity index (χ0n) is 16.5. The number of nitrogens with one attached hydrogen (secondary N) is 2. The molecule has 0 spiro atoms. The molecule has 0 heterocycles. The molecule has 0 bridgehead atoms. The number of hydrogen-bond donors (Lipinski definition) is 2. The van der Waals surface area contributed by atoms with Gasteiger partial charge in [0, 0.05) is 31.3 Å². The summed E-state index contributed by atoms with van der Waals surface area (Å²) < 4.78 is 37.9. The Bertz CT molecular complexity index is 797. The van der Waals surface area contributed by atoms with Crippen molar-refractivity contribution in [2.24, 2.45) is 4.99 Å². The second kappa shape index (κ2) is 11.2. The van der Waals surface area contributed by atoms with E-state index in [2.05, 4.69) is 15.6 Å². The van der Waals surface area contributed by atoms with Gasteiger partial charge in [0.1, 0.15) is 24.0 Å². The van der Waals surface area contributed by atoms with Crippen molar-refractivity contribution in [2.75, 3.05) is 26.9 Å². The predicted octanol–water partition coefficient (Wildman–Crippen LogP) is 3.55. The Balaban J connectivity index is 2.07. The van der Waals surface area contributed by atoms with E-state index in [0.29, 0.717) is 32.3 Å². The highest BCUT2D eigenvalue weighted by molar-refractivity contribution is 5.79. The Morgan fingerprint density at radius 1 is 1.04 bits per heavy atom. The zero-order chi connectivity index (χ0) is 20.4. The highest BCUT2D eigenvalue weighted by Crippen LogP contribution is 2.20. The smallest absolute Gasteiger partial charge is 0.191 e. The van der Waals surface area contributed by atoms with Crippen molar-refractivity contribution in [3.8, 4) is 5.75 Å². The normalized spacial score (nSPS) is 11.4. The van der Waals surface area contributed by atoms with Crippen LogP contribution in [0.2, 0.25) is 0 Å². The number of ether oxygens (including phenoxy) is 2. The molecule has 2 aromatic carbocycles. The molecule has 0 atom stereocenters. The molecule has 0 aromatic heterocycles. The molecule has 0 saturated heterocycles. The van der Waals surface area contributed by atoms with E-state index in [0.717, 1.165) is 35.1 Å². The molecule has 0 aliphatic rings. The fraction of sp³-hybridized carbons (Fsp3) is 0.381. The molecule has 0 radical (unpaired) electrons. The lowest BCUT2D eigenvalue weighted by atomic mass is 10.1. The summed E-state index contributed by atoms with van der Waals surface area (Å²) in [6.45, 7) is 6.04. The molecule has 7 heteroatoms. The second-order valence-corrected chi connectivity index (χ2v) is 6.24. The number of benzene rings is 2. The number of rotatable bonds is 9. The number of guanidine groups is 1. The first-order valence-corrected chi connectivity index (χ1v) is 9.20. The summed E-state index contributed by atoms with van der Waals surface area (Å²) in [5, 5.41) is 6.31. The van der Waals surface area contributed by atoms with Gasteiger partial charge in [-0.05, 0) is 43.7 Å². The Kier molecular flexibility index (Phi) is 8.68. The average Bonchev–Trinajstić information content (AvgIpc) is 2.67. The van der Waals surface area contributed by atoms with Gasteiger partial charge in [-0.2, -0.15) is 0 Å². The molecule has 2 aromatic rings. The van der Waals surface area contributed by atoms with Crippen LogP contribution in [0.4, 0.5) is 8.78 Å². The Morgan fingerprint density at radius 2 is 1.86 bits per heavy atom. The third-order valence-corrected chi connectivity index (χ3v) is 3.97. The number of halogens is 2. The summed E-state index contributed by atoms with van der Waals surface area (Å²) in [6.07, 6.45) is 0. The molecule has 0 aliphatic heterocycles. The van der Waals surface area contributed by atoms with Crippen LogP contribution in [0.15, 0.2) is 41.4 Å². The number of hydrogen-bond acceptors (Lipinski definition) is 3. The fourth-order valence-electron chi connectivity index (χ4n) is 2.53. The molecular formula is C21H27F2N3O2. The summed E-state index contributed by atoms with van der Waals surface area (Å²) in [7, 11) is 1.63. The van der Waals surface area contributed by atoms with Crippen LogP contribution in [0.1, 0.15) is 23.6 Å². The summed E-state index contributed by atoms with van der Waals surface area (Å²) >= 11 is 0. The number of aliphatic imine (C=N–C) groups is 1. The molecule has 0 saturated carbocycles. The van der Waals surface area contributed by atoms with Crippen LogP contribution < -0.4 is 15.4 Å². The van der Waals surface area contributed by atoms with E-state index in [9.17, 15) is 8.78 Å². The van der Waals surface area contributed by atoms with Crippen LogP contribution in [0, 0.1) is 18.6 Å². The van der Waals surface area contributed by atoms with E-state index in [4.69, 9.17) is 9.47 Å². The Labute approximate surface area is 164 Å². The van der Waals surface area contributed by atoms with Crippen molar-refractivity contribution in [2.45, 2.75) is 26.9 Å². The highest BCUT2D eigenvalue weighted by Gasteiger charge is 2.07. The van der Waals surface area contributed by atoms with E-state index >= 15 is 0 Å². The minimum Gasteiger partial charge on any atom is -0.491 e. The first kappa shape index (κ1) is 21.6. The van der Waals surface area contributed by atoms with E-state index in [1.54, 1.807) is 7.11 Å². The maximum atomic E-state index is 13.8. The molecular weight excluding hydrogens is 364 g/mol. The van der Waals surface area contributed by atoms with Gasteiger partial charge < -0.3 is 20.1 Å². The van der Waals surface area contributed by atoms with Gasteiger partial charge in [0.05, 0.1) is 13.2 Å². The molecule has 0 unspecified atom stereocenters. The molecule has 0 aliphatic carbocycles. The van der Waals surface area contributed by atoms with E-state index in [-0.39, 0.29) is 12.1 Å². The Morgan fingerprint density at radius 3 is 2.61 bits per heavy atom. The van der Waals surface area contributed by atoms with E-state index in [1.807, 2.05) is 32.0 Å². The lowest BCUT2D eigenvalue weighted by molar-refractivity contribution is 0.145. The molecule has 2 rings (SSSR count). The highest BCUT2D eigenvalue weighted by atomic mass is 19.1. The number of methoxy groups -OCH3 is 1. The fourth-order valence-corrected chi connectivity index (χ4v) is 2.53. The zero-order valence-corrected chi connectivity index (χ0v) is 16.5. The largest absolute Gasteiger partial charge is 0.491 e. The van der Waals surface area contributed by atoms with E-state index in [1.165, 1.54) is 0 Å². The van der Waals surface area contributed by atoms with Crippen LogP contribution in [0.5, 0.6) is 5.75 Å². The molecule has 0 amide bonds. The van der Waals surface area contributed by atoms with Gasteiger partial charge in [-0.15, -0.1) is 0 Å². The molecule has 5 nitrogen and oxygen atoms in total. The Hall–Kier alpha value is -2.67. The molecule has 0 fully saturated rings. The van der Waals surface area contributed by atoms with Gasteiger partial charge in [-0.3, -0.25) is 0 Å². The van der Waals surface area contributed by atoms with Crippen molar-refractivity contribution < 1.29 is 18.3 Å². The van der Waals surface area contributed by atoms with Crippen molar-refractivity contribution >= 4 is 5.96 Å². The van der Waals surface area contributed by atoms with E-state index < -0.39 is 11.6 Å². The summed E-state index contributed by atoms with van der Waals surface area (Å²) in [5.41, 5.74) is 2.26. The quantitative estimate of drug-likeness (QED) is 0.390. The standard InChI is InChI=1S/C21H27F2N3O2/c1-4-24-21(26-14-17-12-18(22)7-8-19(17)23)25-13-16-6-5-15(2)11-20(16)28-10-9-27-3/h5-8,11-12H,4,9-10,13-14H2,1-3H3,(H2,24,25,26). The monoisotopic (exact) mass is 391 g/mol. The van der Waals surface area contributed by atoms with Gasteiger partial charge in [-0.1, -0.05) is 12.1 Å². The number of aryl methyl sites for hydroxylation is 1. The van der Waals surface area contributed by atoms with Crippen molar-refractivity contribution in [3.63, 3.8) is 0 Å². The third-order valence-electron chi connectivity index (χ3n) is 3.97. The van der Waals surface area contributed by atoms with Crippen molar-refractivity contribution in [3.05, 3.63) is 64.7 Å². The van der Waals surface area contributed by atoms with Crippen LogP contribution in [0.3, 0.4) is 0 Å². The lowest BCUT2D eigenvalue weighted by Gasteiger charge is -2.15.